The van der Waals surface area contributed by atoms with E-state index in [1.807, 2.05) is 24.3 Å². The molecule has 0 spiro atoms. The van der Waals surface area contributed by atoms with E-state index in [0.717, 1.165) is 12.0 Å². The largest absolute Gasteiger partial charge is 0.481 e. The minimum Gasteiger partial charge on any atom is -0.481 e. The van der Waals surface area contributed by atoms with Crippen LogP contribution in [0.25, 0.3) is 0 Å². The second-order valence-electron chi connectivity index (χ2n) is 5.46. The Bertz CT molecular complexity index is 532. The molecule has 0 saturated heterocycles. The fraction of sp³-hybridized carbons (Fsp3) is 0.467. The van der Waals surface area contributed by atoms with Crippen molar-refractivity contribution in [3.63, 3.8) is 0 Å². The Labute approximate surface area is 123 Å². The molecular weight excluding hydrogens is 278 g/mol. The van der Waals surface area contributed by atoms with Crippen LogP contribution in [0.3, 0.4) is 0 Å². The van der Waals surface area contributed by atoms with Crippen molar-refractivity contribution >= 4 is 23.5 Å². The minimum absolute atomic E-state index is 0.0167. The van der Waals surface area contributed by atoms with Gasteiger partial charge < -0.3 is 10.0 Å². The topological polar surface area (TPSA) is 57.6 Å². The van der Waals surface area contributed by atoms with Gasteiger partial charge in [-0.05, 0) is 30.0 Å². The van der Waals surface area contributed by atoms with Gasteiger partial charge in [0.25, 0.3) is 0 Å². The van der Waals surface area contributed by atoms with Crippen molar-refractivity contribution in [2.75, 3.05) is 13.6 Å². The second-order valence-corrected chi connectivity index (χ2v) is 5.90. The molecule has 1 aliphatic carbocycles. The third-order valence-electron chi connectivity index (χ3n) is 3.73. The number of carbonyl (C=O) groups excluding carboxylic acids is 1. The molecule has 2 rings (SSSR count). The quantitative estimate of drug-likeness (QED) is 0.908. The molecule has 1 amide bonds. The van der Waals surface area contributed by atoms with E-state index in [0.29, 0.717) is 5.02 Å². The predicted molar refractivity (Wildman–Crippen MR) is 76.7 cm³/mol. The molecule has 3 unspecified atom stereocenters. The summed E-state index contributed by atoms with van der Waals surface area (Å²) in [5.41, 5.74) is 1.08. The number of hydrogen-bond donors (Lipinski definition) is 1. The van der Waals surface area contributed by atoms with Gasteiger partial charge in [0, 0.05) is 24.5 Å². The molecule has 3 atom stereocenters. The SMILES string of the molecule is CC(CN(C)C(=O)C1CC1c1cccc(Cl)c1)C(=O)O. The van der Waals surface area contributed by atoms with E-state index in [4.69, 9.17) is 16.7 Å². The molecule has 1 fully saturated rings. The Morgan fingerprint density at radius 1 is 1.50 bits per heavy atom. The van der Waals surface area contributed by atoms with Crippen LogP contribution in [0.4, 0.5) is 0 Å². The molecule has 20 heavy (non-hydrogen) atoms. The summed E-state index contributed by atoms with van der Waals surface area (Å²) in [5, 5.41) is 9.55. The molecule has 108 valence electrons. The number of carbonyl (C=O) groups is 2. The smallest absolute Gasteiger partial charge is 0.308 e. The summed E-state index contributed by atoms with van der Waals surface area (Å²) < 4.78 is 0. The lowest BCUT2D eigenvalue weighted by Crippen LogP contribution is -2.34. The number of carboxylic acids is 1. The third-order valence-corrected chi connectivity index (χ3v) is 3.97. The molecule has 1 saturated carbocycles. The van der Waals surface area contributed by atoms with Crippen LogP contribution in [0, 0.1) is 11.8 Å². The van der Waals surface area contributed by atoms with E-state index in [9.17, 15) is 9.59 Å². The number of hydrogen-bond acceptors (Lipinski definition) is 2. The summed E-state index contributed by atoms with van der Waals surface area (Å²) in [6.45, 7) is 1.85. The molecule has 0 aromatic heterocycles. The first-order chi connectivity index (χ1) is 9.40. The lowest BCUT2D eigenvalue weighted by Gasteiger charge is -2.19. The van der Waals surface area contributed by atoms with Gasteiger partial charge in [0.15, 0.2) is 0 Å². The first-order valence-electron chi connectivity index (χ1n) is 6.63. The van der Waals surface area contributed by atoms with Crippen molar-refractivity contribution in [1.29, 1.82) is 0 Å². The van der Waals surface area contributed by atoms with Crippen molar-refractivity contribution in [3.8, 4) is 0 Å². The zero-order valence-corrected chi connectivity index (χ0v) is 12.3. The van der Waals surface area contributed by atoms with Crippen LogP contribution in [-0.4, -0.2) is 35.5 Å². The Kier molecular flexibility index (Phi) is 4.33. The summed E-state index contributed by atoms with van der Waals surface area (Å²) in [6.07, 6.45) is 0.810. The van der Waals surface area contributed by atoms with Crippen LogP contribution in [0.1, 0.15) is 24.8 Å². The summed E-state index contributed by atoms with van der Waals surface area (Å²) in [5.74, 6) is -1.24. The van der Waals surface area contributed by atoms with Crippen molar-refractivity contribution in [2.24, 2.45) is 11.8 Å². The van der Waals surface area contributed by atoms with Gasteiger partial charge in [0.05, 0.1) is 5.92 Å². The van der Waals surface area contributed by atoms with Crippen molar-refractivity contribution in [3.05, 3.63) is 34.9 Å². The molecule has 1 N–H and O–H groups in total. The number of nitrogens with zero attached hydrogens (tertiary/aromatic N) is 1. The summed E-state index contributed by atoms with van der Waals surface area (Å²) >= 11 is 5.95. The molecule has 4 nitrogen and oxygen atoms in total. The van der Waals surface area contributed by atoms with Crippen molar-refractivity contribution in [1.82, 2.24) is 4.90 Å². The standard InChI is InChI=1S/C15H18ClNO3/c1-9(15(19)20)8-17(2)14(18)13-7-12(13)10-4-3-5-11(16)6-10/h3-6,9,12-13H,7-8H2,1-2H3,(H,19,20). The maximum atomic E-state index is 12.2. The summed E-state index contributed by atoms with van der Waals surface area (Å²) in [4.78, 5) is 24.6. The fourth-order valence-electron chi connectivity index (χ4n) is 2.44. The van der Waals surface area contributed by atoms with Gasteiger partial charge in [-0.2, -0.15) is 0 Å². The Hall–Kier alpha value is -1.55. The van der Waals surface area contributed by atoms with Crippen molar-refractivity contribution in [2.45, 2.75) is 19.3 Å². The highest BCUT2D eigenvalue weighted by atomic mass is 35.5. The fourth-order valence-corrected chi connectivity index (χ4v) is 2.63. The molecule has 1 aliphatic rings. The van der Waals surface area contributed by atoms with Crippen LogP contribution >= 0.6 is 11.6 Å². The average molecular weight is 296 g/mol. The van der Waals surface area contributed by atoms with E-state index in [1.54, 1.807) is 14.0 Å². The monoisotopic (exact) mass is 295 g/mol. The van der Waals surface area contributed by atoms with Gasteiger partial charge in [-0.15, -0.1) is 0 Å². The van der Waals surface area contributed by atoms with Gasteiger partial charge in [-0.3, -0.25) is 9.59 Å². The molecule has 0 bridgehead atoms. The van der Waals surface area contributed by atoms with E-state index >= 15 is 0 Å². The number of carboxylic acid groups (broad SMARTS) is 1. The molecular formula is C15H18ClNO3. The van der Waals surface area contributed by atoms with E-state index in [1.165, 1.54) is 4.90 Å². The maximum Gasteiger partial charge on any atom is 0.308 e. The Balaban J connectivity index is 1.94. The van der Waals surface area contributed by atoms with Gasteiger partial charge in [0.1, 0.15) is 0 Å². The first kappa shape index (κ1) is 14.9. The van der Waals surface area contributed by atoms with Crippen molar-refractivity contribution < 1.29 is 14.7 Å². The zero-order chi connectivity index (χ0) is 14.9. The summed E-state index contributed by atoms with van der Waals surface area (Å²) in [7, 11) is 1.66. The number of benzene rings is 1. The van der Waals surface area contributed by atoms with E-state index < -0.39 is 11.9 Å². The number of rotatable bonds is 5. The van der Waals surface area contributed by atoms with Gasteiger partial charge >= 0.3 is 5.97 Å². The highest BCUT2D eigenvalue weighted by Gasteiger charge is 2.45. The second kappa shape index (κ2) is 5.83. The number of amides is 1. The third kappa shape index (κ3) is 3.31. The molecule has 1 aromatic rings. The molecule has 0 heterocycles. The zero-order valence-electron chi connectivity index (χ0n) is 11.5. The van der Waals surface area contributed by atoms with E-state index in [-0.39, 0.29) is 24.3 Å². The van der Waals surface area contributed by atoms with E-state index in [2.05, 4.69) is 0 Å². The molecule has 5 heteroatoms. The normalized spacial score (nSPS) is 22.1. The average Bonchev–Trinajstić information content (AvgIpc) is 3.17. The molecule has 0 aliphatic heterocycles. The van der Waals surface area contributed by atoms with Crippen LogP contribution in [0.5, 0.6) is 0 Å². The molecule has 1 aromatic carbocycles. The first-order valence-corrected chi connectivity index (χ1v) is 7.01. The number of aliphatic carboxylic acids is 1. The lowest BCUT2D eigenvalue weighted by molar-refractivity contribution is -0.142. The number of halogens is 1. The van der Waals surface area contributed by atoms with Gasteiger partial charge in [0.2, 0.25) is 5.91 Å². The van der Waals surface area contributed by atoms with Gasteiger partial charge in [-0.1, -0.05) is 30.7 Å². The molecule has 0 radical (unpaired) electrons. The van der Waals surface area contributed by atoms with Gasteiger partial charge in [-0.25, -0.2) is 0 Å². The Morgan fingerprint density at radius 3 is 2.80 bits per heavy atom. The lowest BCUT2D eigenvalue weighted by atomic mass is 10.1. The van der Waals surface area contributed by atoms with Crippen LogP contribution in [-0.2, 0) is 9.59 Å². The predicted octanol–water partition coefficient (Wildman–Crippen LogP) is 2.62. The highest BCUT2D eigenvalue weighted by molar-refractivity contribution is 6.30. The summed E-state index contributed by atoms with van der Waals surface area (Å²) in [6, 6.07) is 7.56. The van der Waals surface area contributed by atoms with Crippen LogP contribution < -0.4 is 0 Å². The van der Waals surface area contributed by atoms with Crippen LogP contribution in [0.2, 0.25) is 5.02 Å². The Morgan fingerprint density at radius 2 is 2.20 bits per heavy atom. The maximum absolute atomic E-state index is 12.2. The van der Waals surface area contributed by atoms with Crippen LogP contribution in [0.15, 0.2) is 24.3 Å². The highest BCUT2D eigenvalue weighted by Crippen LogP contribution is 2.48. The minimum atomic E-state index is -0.883.